The predicted octanol–water partition coefficient (Wildman–Crippen LogP) is 2.44. The Bertz CT molecular complexity index is 806. The van der Waals surface area contributed by atoms with Gasteiger partial charge in [0.05, 0.1) is 10.6 Å². The van der Waals surface area contributed by atoms with Crippen LogP contribution in [0.3, 0.4) is 0 Å². The number of nitrogens with zero attached hydrogens (tertiary/aromatic N) is 2. The average Bonchev–Trinajstić information content (AvgIpc) is 2.96. The minimum absolute atomic E-state index is 0.195. The molecule has 1 aromatic carbocycles. The zero-order valence-corrected chi connectivity index (χ0v) is 14.1. The molecular formula is C16H21N3O3S. The first-order valence-electron chi connectivity index (χ1n) is 7.67. The van der Waals surface area contributed by atoms with E-state index in [1.165, 1.54) is 0 Å². The molecule has 0 atom stereocenters. The second-order valence-corrected chi connectivity index (χ2v) is 8.01. The lowest BCUT2D eigenvalue weighted by Crippen LogP contribution is -2.38. The highest BCUT2D eigenvalue weighted by Gasteiger charge is 2.31. The molecule has 1 fully saturated rings. The highest BCUT2D eigenvalue weighted by Crippen LogP contribution is 2.31. The van der Waals surface area contributed by atoms with Gasteiger partial charge in [-0.25, -0.2) is 8.42 Å². The topological polar surface area (TPSA) is 89.4 Å². The number of aromatic nitrogens is 1. The molecule has 1 aliphatic rings. The molecule has 1 aliphatic heterocycles. The molecule has 7 heteroatoms. The summed E-state index contributed by atoms with van der Waals surface area (Å²) in [5.41, 5.74) is 8.09. The van der Waals surface area contributed by atoms with Crippen molar-refractivity contribution in [2.75, 3.05) is 18.8 Å². The van der Waals surface area contributed by atoms with E-state index in [9.17, 15) is 8.42 Å². The summed E-state index contributed by atoms with van der Waals surface area (Å²) < 4.78 is 32.2. The van der Waals surface area contributed by atoms with E-state index >= 15 is 0 Å². The second kappa shape index (κ2) is 5.98. The molecule has 6 nitrogen and oxygen atoms in total. The van der Waals surface area contributed by atoms with Crippen LogP contribution in [0.5, 0.6) is 0 Å². The number of hydrogen-bond acceptors (Lipinski definition) is 5. The third kappa shape index (κ3) is 3.11. The summed E-state index contributed by atoms with van der Waals surface area (Å²) >= 11 is 0. The largest absolute Gasteiger partial charge is 0.368 e. The van der Waals surface area contributed by atoms with Gasteiger partial charge in [0.25, 0.3) is 0 Å². The van der Waals surface area contributed by atoms with E-state index in [1.54, 1.807) is 16.4 Å². The first kappa shape index (κ1) is 16.0. The molecule has 124 valence electrons. The Morgan fingerprint density at radius 2 is 1.91 bits per heavy atom. The molecule has 0 spiro atoms. The summed E-state index contributed by atoms with van der Waals surface area (Å²) in [6.45, 7) is 4.69. The molecule has 0 aliphatic carbocycles. The maximum atomic E-state index is 12.9. The molecule has 2 aromatic rings. The first-order chi connectivity index (χ1) is 10.9. The number of anilines is 1. The van der Waals surface area contributed by atoms with Crippen LogP contribution < -0.4 is 5.73 Å². The normalized spacial score (nSPS) is 17.5. The van der Waals surface area contributed by atoms with Gasteiger partial charge in [0.2, 0.25) is 15.9 Å². The fraction of sp³-hybridized carbons (Fsp3) is 0.438. The molecule has 2 heterocycles. The van der Waals surface area contributed by atoms with Crippen molar-refractivity contribution in [2.24, 2.45) is 0 Å². The molecule has 0 unspecified atom stereocenters. The van der Waals surface area contributed by atoms with Crippen LogP contribution in [0, 0.1) is 13.8 Å². The van der Waals surface area contributed by atoms with Gasteiger partial charge in [-0.05, 0) is 43.9 Å². The summed E-state index contributed by atoms with van der Waals surface area (Å²) in [4.78, 5) is 0.404. The molecular weight excluding hydrogens is 314 g/mol. The van der Waals surface area contributed by atoms with Gasteiger partial charge in [-0.1, -0.05) is 17.3 Å². The van der Waals surface area contributed by atoms with Crippen molar-refractivity contribution in [2.45, 2.75) is 37.5 Å². The van der Waals surface area contributed by atoms with Crippen molar-refractivity contribution < 1.29 is 12.9 Å². The van der Waals surface area contributed by atoms with Crippen LogP contribution in [0.2, 0.25) is 0 Å². The van der Waals surface area contributed by atoms with E-state index < -0.39 is 10.0 Å². The summed E-state index contributed by atoms with van der Waals surface area (Å²) in [6.07, 6.45) is 1.44. The van der Waals surface area contributed by atoms with Gasteiger partial charge in [-0.2, -0.15) is 4.31 Å². The highest BCUT2D eigenvalue weighted by atomic mass is 32.2. The smallest absolute Gasteiger partial charge is 0.243 e. The minimum Gasteiger partial charge on any atom is -0.368 e. The van der Waals surface area contributed by atoms with E-state index in [-0.39, 0.29) is 5.92 Å². The molecule has 23 heavy (non-hydrogen) atoms. The highest BCUT2D eigenvalue weighted by molar-refractivity contribution is 7.89. The van der Waals surface area contributed by atoms with Crippen LogP contribution >= 0.6 is 0 Å². The minimum atomic E-state index is -3.45. The average molecular weight is 335 g/mol. The monoisotopic (exact) mass is 335 g/mol. The van der Waals surface area contributed by atoms with Crippen LogP contribution in [0.4, 0.5) is 5.88 Å². The Labute approximate surface area is 136 Å². The lowest BCUT2D eigenvalue weighted by molar-refractivity contribution is 0.309. The molecule has 0 saturated carbocycles. The van der Waals surface area contributed by atoms with Crippen LogP contribution in [0.1, 0.15) is 35.6 Å². The fourth-order valence-electron chi connectivity index (χ4n) is 3.01. The second-order valence-electron chi connectivity index (χ2n) is 6.10. The Morgan fingerprint density at radius 3 is 2.52 bits per heavy atom. The van der Waals surface area contributed by atoms with Gasteiger partial charge in [0.15, 0.2) is 0 Å². The molecule has 0 radical (unpaired) electrons. The third-order valence-corrected chi connectivity index (χ3v) is 6.42. The van der Waals surface area contributed by atoms with Gasteiger partial charge in [0, 0.05) is 25.1 Å². The zero-order valence-electron chi connectivity index (χ0n) is 13.3. The molecule has 1 aromatic heterocycles. The van der Waals surface area contributed by atoms with Gasteiger partial charge >= 0.3 is 0 Å². The Balaban J connectivity index is 1.77. The Morgan fingerprint density at radius 1 is 1.22 bits per heavy atom. The zero-order chi connectivity index (χ0) is 16.6. The van der Waals surface area contributed by atoms with Crippen molar-refractivity contribution >= 4 is 15.9 Å². The van der Waals surface area contributed by atoms with Gasteiger partial charge in [-0.15, -0.1) is 0 Å². The van der Waals surface area contributed by atoms with Gasteiger partial charge < -0.3 is 10.3 Å². The summed E-state index contributed by atoms with van der Waals surface area (Å²) in [5.74, 6) is 0.492. The quantitative estimate of drug-likeness (QED) is 0.930. The number of nitrogen functional groups attached to an aromatic ring is 1. The van der Waals surface area contributed by atoms with Crippen LogP contribution in [0.25, 0.3) is 0 Å². The van der Waals surface area contributed by atoms with Crippen LogP contribution in [0.15, 0.2) is 33.7 Å². The number of benzene rings is 1. The summed E-state index contributed by atoms with van der Waals surface area (Å²) in [6, 6.07) is 7.25. The lowest BCUT2D eigenvalue weighted by Gasteiger charge is -2.30. The fourth-order valence-corrected chi connectivity index (χ4v) is 4.79. The van der Waals surface area contributed by atoms with E-state index in [4.69, 9.17) is 10.3 Å². The van der Waals surface area contributed by atoms with Crippen LogP contribution in [-0.4, -0.2) is 31.0 Å². The van der Waals surface area contributed by atoms with E-state index in [0.717, 1.165) is 29.7 Å². The standard InChI is InChI=1S/C16H21N3O3S/c1-11-3-4-12(2)15(9-11)23(20,21)19-7-5-13(6-8-19)14-10-16(17)22-18-14/h3-4,9-10,13H,5-8,17H2,1-2H3. The lowest BCUT2D eigenvalue weighted by atomic mass is 9.95. The Kier molecular flexibility index (Phi) is 4.16. The number of aryl methyl sites for hydroxylation is 2. The SMILES string of the molecule is Cc1ccc(C)c(S(=O)(=O)N2CCC(c3cc(N)on3)CC2)c1. The van der Waals surface area contributed by atoms with Crippen LogP contribution in [-0.2, 0) is 10.0 Å². The van der Waals surface area contributed by atoms with Crippen molar-refractivity contribution in [1.82, 2.24) is 9.46 Å². The molecule has 1 saturated heterocycles. The molecule has 2 N–H and O–H groups in total. The number of hydrogen-bond donors (Lipinski definition) is 1. The first-order valence-corrected chi connectivity index (χ1v) is 9.11. The van der Waals surface area contributed by atoms with E-state index in [0.29, 0.717) is 23.9 Å². The van der Waals surface area contributed by atoms with Crippen molar-refractivity contribution in [3.8, 4) is 0 Å². The molecule has 0 bridgehead atoms. The number of sulfonamides is 1. The molecule has 3 rings (SSSR count). The third-order valence-electron chi connectivity index (χ3n) is 4.38. The van der Waals surface area contributed by atoms with E-state index in [1.807, 2.05) is 26.0 Å². The molecule has 0 amide bonds. The Hall–Kier alpha value is -1.86. The number of piperidine rings is 1. The number of nitrogens with two attached hydrogens (primary N) is 1. The maximum Gasteiger partial charge on any atom is 0.243 e. The summed E-state index contributed by atoms with van der Waals surface area (Å²) in [5, 5.41) is 3.94. The van der Waals surface area contributed by atoms with Crippen molar-refractivity contribution in [3.63, 3.8) is 0 Å². The van der Waals surface area contributed by atoms with Crippen molar-refractivity contribution in [3.05, 3.63) is 41.1 Å². The van der Waals surface area contributed by atoms with Crippen molar-refractivity contribution in [1.29, 1.82) is 0 Å². The maximum absolute atomic E-state index is 12.9. The predicted molar refractivity (Wildman–Crippen MR) is 87.6 cm³/mol. The van der Waals surface area contributed by atoms with Gasteiger partial charge in [0.1, 0.15) is 0 Å². The van der Waals surface area contributed by atoms with E-state index in [2.05, 4.69) is 5.16 Å². The van der Waals surface area contributed by atoms with Gasteiger partial charge in [-0.3, -0.25) is 0 Å². The summed E-state index contributed by atoms with van der Waals surface area (Å²) in [7, 11) is -3.45. The number of rotatable bonds is 3.